The number of carbonyl (C=O) groups is 5. The van der Waals surface area contributed by atoms with Gasteiger partial charge in [-0.2, -0.15) is 0 Å². The summed E-state index contributed by atoms with van der Waals surface area (Å²) in [5, 5.41) is 12.6. The Morgan fingerprint density at radius 2 is 1.73 bits per heavy atom. The van der Waals surface area contributed by atoms with Crippen LogP contribution in [0.4, 0.5) is 0 Å². The molecule has 1 aromatic heterocycles. The van der Waals surface area contributed by atoms with E-state index < -0.39 is 48.4 Å². The molecule has 0 spiro atoms. The van der Waals surface area contributed by atoms with Crippen molar-refractivity contribution in [2.24, 2.45) is 11.5 Å². The first kappa shape index (κ1) is 26.1. The molecule has 4 unspecified atom stereocenters. The maximum absolute atomic E-state index is 13.5. The molecule has 3 heterocycles. The number of amides is 4. The van der Waals surface area contributed by atoms with Gasteiger partial charge < -0.3 is 36.7 Å². The molecule has 2 aromatic rings. The Bertz CT molecular complexity index is 1210. The fraction of sp³-hybridized carbons (Fsp3) is 0.480. The summed E-state index contributed by atoms with van der Waals surface area (Å²) in [6.45, 7) is 0.700. The molecule has 37 heavy (non-hydrogen) atoms. The van der Waals surface area contributed by atoms with Gasteiger partial charge in [-0.05, 0) is 43.7 Å². The van der Waals surface area contributed by atoms with Gasteiger partial charge in [0.1, 0.15) is 18.1 Å². The van der Waals surface area contributed by atoms with Crippen LogP contribution < -0.4 is 16.8 Å². The molecule has 198 valence electrons. The molecular weight excluding hydrogens is 480 g/mol. The Hall–Kier alpha value is -3.93. The highest BCUT2D eigenvalue weighted by atomic mass is 16.4. The van der Waals surface area contributed by atoms with Crippen molar-refractivity contribution >= 4 is 40.5 Å². The van der Waals surface area contributed by atoms with Gasteiger partial charge in [-0.25, -0.2) is 4.79 Å². The third-order valence-corrected chi connectivity index (χ3v) is 7.11. The van der Waals surface area contributed by atoms with Gasteiger partial charge >= 0.3 is 5.97 Å². The number of rotatable bonds is 9. The highest BCUT2D eigenvalue weighted by molar-refractivity contribution is 5.95. The number of aliphatic carboxylic acids is 1. The van der Waals surface area contributed by atoms with E-state index in [-0.39, 0.29) is 11.8 Å². The molecule has 0 saturated carbocycles. The number of fused-ring (bicyclic) bond motifs is 1. The van der Waals surface area contributed by atoms with Crippen molar-refractivity contribution in [3.05, 3.63) is 36.0 Å². The second kappa shape index (κ2) is 11.0. The number of nitrogens with zero attached hydrogens (tertiary/aromatic N) is 2. The first-order valence-electron chi connectivity index (χ1n) is 12.4. The van der Waals surface area contributed by atoms with Gasteiger partial charge in [0.05, 0.1) is 12.5 Å². The van der Waals surface area contributed by atoms with Gasteiger partial charge in [-0.15, -0.1) is 0 Å². The average molecular weight is 513 g/mol. The molecule has 4 rings (SSSR count). The number of para-hydroxylation sites is 1. The summed E-state index contributed by atoms with van der Waals surface area (Å²) >= 11 is 0. The Kier molecular flexibility index (Phi) is 7.77. The van der Waals surface area contributed by atoms with Crippen LogP contribution in [0.1, 0.15) is 37.7 Å². The van der Waals surface area contributed by atoms with Crippen LogP contribution in [0.15, 0.2) is 30.5 Å². The van der Waals surface area contributed by atoms with E-state index in [0.717, 1.165) is 16.5 Å². The van der Waals surface area contributed by atoms with Crippen LogP contribution in [0.5, 0.6) is 0 Å². The SMILES string of the molecule is NC(=O)CC(NC(=O)C1CCCN1C(=O)C1CCCN1C(=O)C(N)Cc1c[nH]c2ccccc12)C(=O)O. The number of carboxylic acids is 1. The summed E-state index contributed by atoms with van der Waals surface area (Å²) in [7, 11) is 0. The van der Waals surface area contributed by atoms with Gasteiger partial charge in [-0.1, -0.05) is 18.2 Å². The molecule has 0 aliphatic carbocycles. The first-order valence-corrected chi connectivity index (χ1v) is 12.4. The van der Waals surface area contributed by atoms with Crippen LogP contribution in [-0.2, 0) is 30.4 Å². The summed E-state index contributed by atoms with van der Waals surface area (Å²) in [5.41, 5.74) is 13.3. The Balaban J connectivity index is 1.43. The van der Waals surface area contributed by atoms with Crippen molar-refractivity contribution in [3.63, 3.8) is 0 Å². The van der Waals surface area contributed by atoms with E-state index in [9.17, 15) is 29.1 Å². The number of likely N-dealkylation sites (tertiary alicyclic amines) is 2. The maximum Gasteiger partial charge on any atom is 0.326 e. The predicted octanol–water partition coefficient (Wildman–Crippen LogP) is -0.535. The Labute approximate surface area is 213 Å². The van der Waals surface area contributed by atoms with Crippen LogP contribution in [0, 0.1) is 0 Å². The Morgan fingerprint density at radius 3 is 2.43 bits per heavy atom. The summed E-state index contributed by atoms with van der Waals surface area (Å²) in [6, 6.07) is 3.78. The normalized spacial score (nSPS) is 21.1. The van der Waals surface area contributed by atoms with Gasteiger partial charge in [0.2, 0.25) is 23.6 Å². The van der Waals surface area contributed by atoms with Crippen LogP contribution in [0.2, 0.25) is 0 Å². The smallest absolute Gasteiger partial charge is 0.326 e. The molecule has 12 nitrogen and oxygen atoms in total. The fourth-order valence-corrected chi connectivity index (χ4v) is 5.29. The van der Waals surface area contributed by atoms with E-state index in [0.29, 0.717) is 45.2 Å². The second-order valence-electron chi connectivity index (χ2n) is 9.62. The minimum atomic E-state index is -1.48. The topological polar surface area (TPSA) is 192 Å². The van der Waals surface area contributed by atoms with E-state index in [1.165, 1.54) is 9.80 Å². The van der Waals surface area contributed by atoms with Crippen LogP contribution in [-0.4, -0.2) is 86.7 Å². The van der Waals surface area contributed by atoms with Crippen molar-refractivity contribution in [1.82, 2.24) is 20.1 Å². The molecule has 1 aromatic carbocycles. The molecule has 0 bridgehead atoms. The quantitative estimate of drug-likeness (QED) is 0.298. The van der Waals surface area contributed by atoms with Crippen LogP contribution in [0.25, 0.3) is 10.9 Å². The number of carboxylic acid groups (broad SMARTS) is 1. The molecule has 2 saturated heterocycles. The third-order valence-electron chi connectivity index (χ3n) is 7.11. The minimum Gasteiger partial charge on any atom is -0.480 e. The molecule has 4 amide bonds. The zero-order valence-electron chi connectivity index (χ0n) is 20.4. The Morgan fingerprint density at radius 1 is 1.05 bits per heavy atom. The number of benzene rings is 1. The van der Waals surface area contributed by atoms with Gasteiger partial charge in [0.25, 0.3) is 0 Å². The van der Waals surface area contributed by atoms with Crippen molar-refractivity contribution in [1.29, 1.82) is 0 Å². The number of hydrogen-bond acceptors (Lipinski definition) is 6. The van der Waals surface area contributed by atoms with E-state index in [1.807, 2.05) is 30.5 Å². The lowest BCUT2D eigenvalue weighted by Gasteiger charge is -2.32. The van der Waals surface area contributed by atoms with Gasteiger partial charge in [0, 0.05) is 30.2 Å². The molecular formula is C25H32N6O6. The monoisotopic (exact) mass is 512 g/mol. The minimum absolute atomic E-state index is 0.310. The summed E-state index contributed by atoms with van der Waals surface area (Å²) < 4.78 is 0. The van der Waals surface area contributed by atoms with E-state index in [1.54, 1.807) is 0 Å². The molecule has 2 aliphatic rings. The predicted molar refractivity (Wildman–Crippen MR) is 133 cm³/mol. The molecule has 0 radical (unpaired) electrons. The largest absolute Gasteiger partial charge is 0.480 e. The average Bonchev–Trinajstić information content (AvgIpc) is 3.62. The number of aromatic amines is 1. The molecule has 4 atom stereocenters. The van der Waals surface area contributed by atoms with E-state index >= 15 is 0 Å². The van der Waals surface area contributed by atoms with Crippen LogP contribution in [0.3, 0.4) is 0 Å². The maximum atomic E-state index is 13.5. The van der Waals surface area contributed by atoms with Gasteiger partial charge in [0.15, 0.2) is 0 Å². The second-order valence-corrected chi connectivity index (χ2v) is 9.62. The summed E-state index contributed by atoms with van der Waals surface area (Å²) in [6.07, 6.45) is 3.58. The van der Waals surface area contributed by atoms with Gasteiger partial charge in [-0.3, -0.25) is 19.2 Å². The van der Waals surface area contributed by atoms with Crippen molar-refractivity contribution in [3.8, 4) is 0 Å². The zero-order chi connectivity index (χ0) is 26.7. The molecule has 7 N–H and O–H groups in total. The summed E-state index contributed by atoms with van der Waals surface area (Å²) in [5.74, 6) is -3.60. The number of carbonyl (C=O) groups excluding carboxylic acids is 4. The molecule has 2 aliphatic heterocycles. The van der Waals surface area contributed by atoms with E-state index in [2.05, 4.69) is 10.3 Å². The molecule has 2 fully saturated rings. The lowest BCUT2D eigenvalue weighted by molar-refractivity contribution is -0.148. The highest BCUT2D eigenvalue weighted by Crippen LogP contribution is 2.26. The number of nitrogens with one attached hydrogen (secondary N) is 2. The number of H-pyrrole nitrogens is 1. The fourth-order valence-electron chi connectivity index (χ4n) is 5.29. The lowest BCUT2D eigenvalue weighted by Crippen LogP contribution is -2.56. The van der Waals surface area contributed by atoms with E-state index in [4.69, 9.17) is 11.5 Å². The van der Waals surface area contributed by atoms with Crippen molar-refractivity contribution < 1.29 is 29.1 Å². The first-order chi connectivity index (χ1) is 17.7. The van der Waals surface area contributed by atoms with Crippen LogP contribution >= 0.6 is 0 Å². The lowest BCUT2D eigenvalue weighted by atomic mass is 10.0. The standard InChI is InChI=1S/C25H32N6O6/c26-16(11-14-13-28-17-6-2-1-5-15(14)17)23(34)31-10-4-8-20(31)24(35)30-9-3-7-19(30)22(33)29-18(25(36)37)12-21(27)32/h1-2,5-6,13,16,18-20,28H,3-4,7-12,26H2,(H2,27,32)(H,29,33)(H,36,37). The summed E-state index contributed by atoms with van der Waals surface area (Å²) in [4.78, 5) is 68.3. The van der Waals surface area contributed by atoms with Crippen molar-refractivity contribution in [2.75, 3.05) is 13.1 Å². The number of nitrogens with two attached hydrogens (primary N) is 2. The third kappa shape index (κ3) is 5.58. The number of hydrogen-bond donors (Lipinski definition) is 5. The number of aromatic nitrogens is 1. The van der Waals surface area contributed by atoms with Crippen molar-refractivity contribution in [2.45, 2.75) is 62.7 Å². The highest BCUT2D eigenvalue weighted by Gasteiger charge is 2.43. The zero-order valence-corrected chi connectivity index (χ0v) is 20.4. The number of primary amides is 1. The molecule has 12 heteroatoms.